The van der Waals surface area contributed by atoms with Crippen molar-refractivity contribution in [1.29, 1.82) is 0 Å². The van der Waals surface area contributed by atoms with Gasteiger partial charge in [-0.1, -0.05) is 31.5 Å². The number of aromatic nitrogens is 4. The van der Waals surface area contributed by atoms with E-state index >= 15 is 0 Å². The van der Waals surface area contributed by atoms with Crippen LogP contribution in [0.3, 0.4) is 0 Å². The number of rotatable bonds is 6. The van der Waals surface area contributed by atoms with Gasteiger partial charge in [0, 0.05) is 48.1 Å². The molecule has 10 heteroatoms. The number of nitrogens with zero attached hydrogens (tertiary/aromatic N) is 5. The molecule has 0 radical (unpaired) electrons. The Kier molecular flexibility index (Phi) is 5.74. The van der Waals surface area contributed by atoms with Gasteiger partial charge < -0.3 is 10.2 Å². The molecule has 8 nitrogen and oxygen atoms in total. The molecule has 0 unspecified atom stereocenters. The lowest BCUT2D eigenvalue weighted by Gasteiger charge is -2.48. The van der Waals surface area contributed by atoms with Gasteiger partial charge in [-0.25, -0.2) is 18.4 Å². The summed E-state index contributed by atoms with van der Waals surface area (Å²) in [7, 11) is -3.00. The average Bonchev–Trinajstić information content (AvgIpc) is 2.69. The predicted octanol–water partition coefficient (Wildman–Crippen LogP) is 3.81. The second kappa shape index (κ2) is 8.20. The van der Waals surface area contributed by atoms with Gasteiger partial charge >= 0.3 is 0 Å². The van der Waals surface area contributed by atoms with E-state index in [1.165, 1.54) is 6.26 Å². The van der Waals surface area contributed by atoms with Gasteiger partial charge in [0.05, 0.1) is 23.2 Å². The van der Waals surface area contributed by atoms with Crippen LogP contribution < -0.4 is 10.2 Å². The molecule has 1 N–H and O–H groups in total. The minimum Gasteiger partial charge on any atom is -0.367 e. The monoisotopic (exact) mass is 460 g/mol. The van der Waals surface area contributed by atoms with Crippen molar-refractivity contribution in [1.82, 2.24) is 20.2 Å². The van der Waals surface area contributed by atoms with Crippen LogP contribution in [0.4, 0.5) is 17.3 Å². The Bertz CT molecular complexity index is 1230. The number of fused-ring (bicyclic) bond motifs is 1. The molecule has 1 saturated heterocycles. The van der Waals surface area contributed by atoms with E-state index in [1.807, 2.05) is 6.20 Å². The minimum atomic E-state index is -3.00. The topological polar surface area (TPSA) is 101 Å². The summed E-state index contributed by atoms with van der Waals surface area (Å²) in [6.45, 7) is 7.03. The summed E-state index contributed by atoms with van der Waals surface area (Å²) in [5.74, 6) is 1.06. The highest BCUT2D eigenvalue weighted by Gasteiger charge is 2.38. The Morgan fingerprint density at radius 3 is 2.71 bits per heavy atom. The smallest absolute Gasteiger partial charge is 0.227 e. The highest BCUT2D eigenvalue weighted by atomic mass is 35.5. The number of nitrogens with one attached hydrogen (secondary N) is 1. The maximum absolute atomic E-state index is 11.7. The van der Waals surface area contributed by atoms with Crippen LogP contribution in [-0.4, -0.2) is 53.2 Å². The molecule has 1 aliphatic heterocycles. The quantitative estimate of drug-likeness (QED) is 0.592. The zero-order valence-corrected chi connectivity index (χ0v) is 19.4. The van der Waals surface area contributed by atoms with Crippen LogP contribution in [0.5, 0.6) is 0 Å². The van der Waals surface area contributed by atoms with Crippen LogP contribution in [0.25, 0.3) is 10.9 Å². The second-order valence-corrected chi connectivity index (χ2v) is 11.0. The Morgan fingerprint density at radius 2 is 2.06 bits per heavy atom. The van der Waals surface area contributed by atoms with Crippen LogP contribution in [0.1, 0.15) is 32.3 Å². The summed E-state index contributed by atoms with van der Waals surface area (Å²) >= 11 is 5.92. The van der Waals surface area contributed by atoms with Crippen molar-refractivity contribution < 1.29 is 8.42 Å². The van der Waals surface area contributed by atoms with E-state index < -0.39 is 9.84 Å². The number of benzene rings is 1. The fourth-order valence-corrected chi connectivity index (χ4v) is 5.35. The third kappa shape index (κ3) is 4.57. The summed E-state index contributed by atoms with van der Waals surface area (Å²) in [5.41, 5.74) is 3.67. The van der Waals surface area contributed by atoms with Crippen LogP contribution in [0.2, 0.25) is 5.15 Å². The van der Waals surface area contributed by atoms with Crippen molar-refractivity contribution in [3.63, 3.8) is 0 Å². The summed E-state index contributed by atoms with van der Waals surface area (Å²) in [6, 6.07) is 5.98. The third-order valence-electron chi connectivity index (χ3n) is 5.69. The van der Waals surface area contributed by atoms with E-state index in [9.17, 15) is 8.42 Å². The zero-order chi connectivity index (χ0) is 22.3. The third-order valence-corrected chi connectivity index (χ3v) is 6.91. The van der Waals surface area contributed by atoms with Crippen LogP contribution in [-0.2, 0) is 9.84 Å². The standard InChI is InChI=1S/C21H25ClN6O2S/c1-12(2)16-5-6-18(28-10-14(13(28)3)11-31(4,29)30)17-9-23-21(26-20(16)17)25-15-7-19(22)27-24-8-15/h5-9,12-14H,10-11H2,1-4H3,(H,23,25,26,27)/t13-,14-/m1/s1. The molecule has 164 valence electrons. The Balaban J connectivity index is 1.69. The van der Waals surface area contributed by atoms with Gasteiger partial charge in [0.15, 0.2) is 5.15 Å². The fourth-order valence-electron chi connectivity index (χ4n) is 4.03. The van der Waals surface area contributed by atoms with E-state index in [2.05, 4.69) is 58.3 Å². The first-order valence-electron chi connectivity index (χ1n) is 10.1. The van der Waals surface area contributed by atoms with E-state index in [1.54, 1.807) is 12.3 Å². The Labute approximate surface area is 187 Å². The lowest BCUT2D eigenvalue weighted by atomic mass is 9.89. The van der Waals surface area contributed by atoms with Crippen molar-refractivity contribution in [3.05, 3.63) is 41.3 Å². The maximum Gasteiger partial charge on any atom is 0.227 e. The number of halogens is 1. The summed E-state index contributed by atoms with van der Waals surface area (Å²) in [5, 5.41) is 11.9. The van der Waals surface area contributed by atoms with Gasteiger partial charge in [0.25, 0.3) is 0 Å². The van der Waals surface area contributed by atoms with Gasteiger partial charge in [-0.3, -0.25) is 0 Å². The van der Waals surface area contributed by atoms with Gasteiger partial charge in [-0.15, -0.1) is 5.10 Å². The molecule has 1 aliphatic rings. The maximum atomic E-state index is 11.7. The van der Waals surface area contributed by atoms with E-state index in [-0.39, 0.29) is 28.8 Å². The van der Waals surface area contributed by atoms with Crippen molar-refractivity contribution in [2.45, 2.75) is 32.7 Å². The molecule has 0 amide bonds. The number of sulfone groups is 1. The Hall–Kier alpha value is -2.52. The predicted molar refractivity (Wildman–Crippen MR) is 124 cm³/mol. The van der Waals surface area contributed by atoms with Crippen LogP contribution in [0.15, 0.2) is 30.6 Å². The molecule has 4 rings (SSSR count). The van der Waals surface area contributed by atoms with Crippen LogP contribution in [0, 0.1) is 5.92 Å². The van der Waals surface area contributed by atoms with Crippen molar-refractivity contribution in [3.8, 4) is 0 Å². The minimum absolute atomic E-state index is 0.126. The molecule has 3 heterocycles. The van der Waals surface area contributed by atoms with Gasteiger partial charge in [0.2, 0.25) is 5.95 Å². The molecule has 0 bridgehead atoms. The van der Waals surface area contributed by atoms with E-state index in [4.69, 9.17) is 16.6 Å². The molecular weight excluding hydrogens is 436 g/mol. The molecule has 1 aromatic carbocycles. The summed E-state index contributed by atoms with van der Waals surface area (Å²) < 4.78 is 23.4. The van der Waals surface area contributed by atoms with Crippen molar-refractivity contribution in [2.75, 3.05) is 28.8 Å². The lowest BCUT2D eigenvalue weighted by Crippen LogP contribution is -2.57. The van der Waals surface area contributed by atoms with Gasteiger partial charge in [0.1, 0.15) is 9.84 Å². The molecule has 1 fully saturated rings. The second-order valence-electron chi connectivity index (χ2n) is 8.42. The zero-order valence-electron chi connectivity index (χ0n) is 17.9. The number of hydrogen-bond donors (Lipinski definition) is 1. The highest BCUT2D eigenvalue weighted by molar-refractivity contribution is 7.90. The van der Waals surface area contributed by atoms with E-state index in [0.29, 0.717) is 18.2 Å². The first kappa shape index (κ1) is 21.7. The largest absolute Gasteiger partial charge is 0.367 e. The fraction of sp³-hybridized carbons (Fsp3) is 0.429. The molecule has 0 aliphatic carbocycles. The highest BCUT2D eigenvalue weighted by Crippen LogP contribution is 2.38. The summed E-state index contributed by atoms with van der Waals surface area (Å²) in [6.07, 6.45) is 4.67. The SMILES string of the molecule is CC(C)c1ccc(N2C[C@H](CS(C)(=O)=O)[C@H]2C)c2cnc(Nc3cnnc(Cl)c3)nc12. The van der Waals surface area contributed by atoms with Crippen molar-refractivity contribution >= 4 is 49.7 Å². The van der Waals surface area contributed by atoms with E-state index in [0.717, 1.165) is 22.2 Å². The number of hydrogen-bond acceptors (Lipinski definition) is 8. The summed E-state index contributed by atoms with van der Waals surface area (Å²) in [4.78, 5) is 11.5. The van der Waals surface area contributed by atoms with Crippen LogP contribution >= 0.6 is 11.6 Å². The molecular formula is C21H25ClN6O2S. The first-order valence-corrected chi connectivity index (χ1v) is 12.6. The molecule has 2 atom stereocenters. The molecule has 0 spiro atoms. The average molecular weight is 461 g/mol. The molecule has 31 heavy (non-hydrogen) atoms. The first-order chi connectivity index (χ1) is 14.6. The molecule has 3 aromatic rings. The van der Waals surface area contributed by atoms with Gasteiger partial charge in [-0.05, 0) is 24.5 Å². The lowest BCUT2D eigenvalue weighted by molar-refractivity contribution is 0.342. The van der Waals surface area contributed by atoms with Gasteiger partial charge in [-0.2, -0.15) is 5.10 Å². The number of anilines is 3. The molecule has 2 aromatic heterocycles. The van der Waals surface area contributed by atoms with Crippen molar-refractivity contribution in [2.24, 2.45) is 5.92 Å². The Morgan fingerprint density at radius 1 is 1.29 bits per heavy atom. The molecule has 0 saturated carbocycles. The normalized spacial score (nSPS) is 19.0.